The average molecular weight is 373 g/mol. The molecule has 8 heteroatoms. The monoisotopic (exact) mass is 373 g/mol. The molecule has 3 N–H and O–H groups in total. The first kappa shape index (κ1) is 19.3. The molecule has 8 nitrogen and oxygen atoms in total. The van der Waals surface area contributed by atoms with Crippen LogP contribution < -0.4 is 10.6 Å². The van der Waals surface area contributed by atoms with E-state index < -0.39 is 11.6 Å². The Bertz CT molecular complexity index is 783. The summed E-state index contributed by atoms with van der Waals surface area (Å²) in [4.78, 5) is 18.7. The van der Waals surface area contributed by atoms with Crippen molar-refractivity contribution in [2.75, 3.05) is 26.7 Å². The summed E-state index contributed by atoms with van der Waals surface area (Å²) in [7, 11) is 2.02. The van der Waals surface area contributed by atoms with Gasteiger partial charge in [-0.25, -0.2) is 4.79 Å². The molecule has 1 atom stereocenters. The third kappa shape index (κ3) is 4.84. The lowest BCUT2D eigenvalue weighted by Gasteiger charge is -2.36. The number of hydrogen-bond acceptors (Lipinski definition) is 6. The molecule has 3 rings (SSSR count). The number of aliphatic hydroxyl groups is 1. The lowest BCUT2D eigenvalue weighted by atomic mass is 9.92. The van der Waals surface area contributed by atoms with Crippen molar-refractivity contribution < 1.29 is 14.4 Å². The Hall–Kier alpha value is -2.45. The van der Waals surface area contributed by atoms with Crippen molar-refractivity contribution in [3.05, 3.63) is 35.7 Å². The van der Waals surface area contributed by atoms with Gasteiger partial charge in [-0.15, -0.1) is 0 Å². The van der Waals surface area contributed by atoms with Gasteiger partial charge in [0, 0.05) is 25.2 Å². The quantitative estimate of drug-likeness (QED) is 0.739. The Kier molecular flexibility index (Phi) is 5.76. The molecular formula is C19H27N5O3. The number of nitrogens with one attached hydrogen (secondary N) is 2. The summed E-state index contributed by atoms with van der Waals surface area (Å²) < 4.78 is 5.30. The second kappa shape index (κ2) is 8.06. The molecule has 0 radical (unpaired) electrons. The number of hydrogen-bond donors (Lipinski definition) is 3. The Labute approximate surface area is 158 Å². The van der Waals surface area contributed by atoms with E-state index in [4.69, 9.17) is 4.52 Å². The van der Waals surface area contributed by atoms with Crippen molar-refractivity contribution in [2.24, 2.45) is 0 Å². The van der Waals surface area contributed by atoms with Crippen LogP contribution in [0, 0.1) is 6.92 Å². The number of likely N-dealkylation sites (tertiary alicyclic amines) is 1. The minimum atomic E-state index is -0.852. The first-order chi connectivity index (χ1) is 12.9. The molecule has 2 aromatic rings. The van der Waals surface area contributed by atoms with Gasteiger partial charge in [0.25, 0.3) is 0 Å². The first-order valence-electron chi connectivity index (χ1n) is 9.21. The lowest BCUT2D eigenvalue weighted by Crippen LogP contribution is -2.51. The van der Waals surface area contributed by atoms with Crippen LogP contribution in [-0.2, 0) is 0 Å². The van der Waals surface area contributed by atoms with Crippen molar-refractivity contribution in [2.45, 2.75) is 38.3 Å². The summed E-state index contributed by atoms with van der Waals surface area (Å²) in [6.45, 7) is 5.62. The van der Waals surface area contributed by atoms with E-state index in [0.717, 1.165) is 24.2 Å². The minimum absolute atomic E-state index is 0.220. The minimum Gasteiger partial charge on any atom is -0.388 e. The molecule has 1 saturated heterocycles. The highest BCUT2D eigenvalue weighted by molar-refractivity contribution is 5.74. The van der Waals surface area contributed by atoms with E-state index in [1.807, 2.05) is 38.2 Å². The topological polar surface area (TPSA) is 104 Å². The van der Waals surface area contributed by atoms with Crippen molar-refractivity contribution in [1.29, 1.82) is 0 Å². The molecular weight excluding hydrogens is 346 g/mol. The van der Waals surface area contributed by atoms with Crippen LogP contribution in [0.3, 0.4) is 0 Å². The van der Waals surface area contributed by atoms with Gasteiger partial charge >= 0.3 is 6.03 Å². The highest BCUT2D eigenvalue weighted by atomic mass is 16.5. The number of piperidine rings is 1. The third-order valence-corrected chi connectivity index (χ3v) is 5.04. The van der Waals surface area contributed by atoms with Crippen LogP contribution in [0.5, 0.6) is 0 Å². The Morgan fingerprint density at radius 1 is 1.37 bits per heavy atom. The van der Waals surface area contributed by atoms with Crippen LogP contribution in [0.1, 0.15) is 37.3 Å². The molecule has 0 unspecified atom stereocenters. The van der Waals surface area contributed by atoms with Gasteiger partial charge in [0.05, 0.1) is 5.60 Å². The first-order valence-corrected chi connectivity index (χ1v) is 9.21. The van der Waals surface area contributed by atoms with Gasteiger partial charge < -0.3 is 25.2 Å². The zero-order valence-corrected chi connectivity index (χ0v) is 16.0. The largest absolute Gasteiger partial charge is 0.388 e. The Morgan fingerprint density at radius 2 is 2.07 bits per heavy atom. The van der Waals surface area contributed by atoms with Crippen LogP contribution in [0.25, 0.3) is 11.4 Å². The van der Waals surface area contributed by atoms with E-state index in [0.29, 0.717) is 24.6 Å². The second-order valence-electron chi connectivity index (χ2n) is 7.35. The van der Waals surface area contributed by atoms with Crippen molar-refractivity contribution in [3.8, 4) is 11.4 Å². The summed E-state index contributed by atoms with van der Waals surface area (Å²) in [5.74, 6) is 0.833. The van der Waals surface area contributed by atoms with Crippen LogP contribution >= 0.6 is 0 Å². The standard InChI is InChI=1S/C19H27N5O3/c1-13-6-4-5-7-15(13)16-22-17(27-23-16)14(2)21-18(25)20-12-19(26)8-10-24(3)11-9-19/h4-7,14,26H,8-12H2,1-3H3,(H2,20,21,25)/t14-/m1/s1. The highest BCUT2D eigenvalue weighted by Crippen LogP contribution is 2.22. The van der Waals surface area contributed by atoms with E-state index in [2.05, 4.69) is 25.7 Å². The van der Waals surface area contributed by atoms with Crippen LogP contribution in [-0.4, -0.2) is 58.5 Å². The number of aromatic nitrogens is 2. The van der Waals surface area contributed by atoms with Gasteiger partial charge in [-0.2, -0.15) is 4.98 Å². The number of amides is 2. The normalized spacial score (nSPS) is 18.1. The second-order valence-corrected chi connectivity index (χ2v) is 7.35. The van der Waals surface area contributed by atoms with E-state index in [9.17, 15) is 9.90 Å². The van der Waals surface area contributed by atoms with E-state index in [1.165, 1.54) is 0 Å². The molecule has 1 aliphatic rings. The maximum Gasteiger partial charge on any atom is 0.315 e. The average Bonchev–Trinajstić information content (AvgIpc) is 3.13. The number of rotatable bonds is 5. The van der Waals surface area contributed by atoms with Gasteiger partial charge in [0.2, 0.25) is 11.7 Å². The van der Waals surface area contributed by atoms with Crippen molar-refractivity contribution in [3.63, 3.8) is 0 Å². The molecule has 1 aliphatic heterocycles. The number of carbonyl (C=O) groups excluding carboxylic acids is 1. The van der Waals surface area contributed by atoms with Crippen LogP contribution in [0.4, 0.5) is 4.79 Å². The van der Waals surface area contributed by atoms with E-state index >= 15 is 0 Å². The summed E-state index contributed by atoms with van der Waals surface area (Å²) in [6.07, 6.45) is 1.28. The number of benzene rings is 1. The maximum atomic E-state index is 12.2. The predicted molar refractivity (Wildman–Crippen MR) is 101 cm³/mol. The fraction of sp³-hybridized carbons (Fsp3) is 0.526. The van der Waals surface area contributed by atoms with Crippen LogP contribution in [0.2, 0.25) is 0 Å². The third-order valence-electron chi connectivity index (χ3n) is 5.04. The van der Waals surface area contributed by atoms with Gasteiger partial charge in [-0.1, -0.05) is 29.4 Å². The number of urea groups is 1. The SMILES string of the molecule is Cc1ccccc1-c1noc([C@@H](C)NC(=O)NCC2(O)CCN(C)CC2)n1. The van der Waals surface area contributed by atoms with E-state index in [1.54, 1.807) is 6.92 Å². The van der Waals surface area contributed by atoms with E-state index in [-0.39, 0.29) is 12.6 Å². The fourth-order valence-corrected chi connectivity index (χ4v) is 3.11. The molecule has 2 amide bonds. The van der Waals surface area contributed by atoms with Gasteiger partial charge in [-0.3, -0.25) is 0 Å². The molecule has 2 heterocycles. The summed E-state index contributed by atoms with van der Waals surface area (Å²) in [5.41, 5.74) is 1.10. The van der Waals surface area contributed by atoms with Gasteiger partial charge in [0.15, 0.2) is 0 Å². The van der Waals surface area contributed by atoms with Gasteiger partial charge in [-0.05, 0) is 39.3 Å². The number of aryl methyl sites for hydroxylation is 1. The Balaban J connectivity index is 1.54. The Morgan fingerprint density at radius 3 is 2.78 bits per heavy atom. The molecule has 1 aromatic carbocycles. The molecule has 27 heavy (non-hydrogen) atoms. The molecule has 0 saturated carbocycles. The summed E-state index contributed by atoms with van der Waals surface area (Å²) >= 11 is 0. The number of carbonyl (C=O) groups is 1. The lowest BCUT2D eigenvalue weighted by molar-refractivity contribution is -0.0123. The number of nitrogens with zero attached hydrogens (tertiary/aromatic N) is 3. The predicted octanol–water partition coefficient (Wildman–Crippen LogP) is 1.86. The zero-order chi connectivity index (χ0) is 19.4. The molecule has 1 fully saturated rings. The smallest absolute Gasteiger partial charge is 0.315 e. The fourth-order valence-electron chi connectivity index (χ4n) is 3.11. The molecule has 0 spiro atoms. The highest BCUT2D eigenvalue weighted by Gasteiger charge is 2.31. The summed E-state index contributed by atoms with van der Waals surface area (Å²) in [6, 6.07) is 6.96. The maximum absolute atomic E-state index is 12.2. The van der Waals surface area contributed by atoms with Crippen molar-refractivity contribution >= 4 is 6.03 Å². The zero-order valence-electron chi connectivity index (χ0n) is 16.0. The molecule has 0 aliphatic carbocycles. The van der Waals surface area contributed by atoms with Gasteiger partial charge in [0.1, 0.15) is 6.04 Å². The molecule has 0 bridgehead atoms. The molecule has 146 valence electrons. The summed E-state index contributed by atoms with van der Waals surface area (Å²) in [5, 5.41) is 20.1. The molecule has 1 aromatic heterocycles. The van der Waals surface area contributed by atoms with Crippen molar-refractivity contribution in [1.82, 2.24) is 25.7 Å². The van der Waals surface area contributed by atoms with Crippen LogP contribution in [0.15, 0.2) is 28.8 Å².